The maximum atomic E-state index is 13.1. The molecule has 0 fully saturated rings. The highest BCUT2D eigenvalue weighted by Gasteiger charge is 2.42. The third-order valence-electron chi connectivity index (χ3n) is 9.46. The molecular formula is C37H59NO7Si2. The summed E-state index contributed by atoms with van der Waals surface area (Å²) < 4.78 is 30.2. The van der Waals surface area contributed by atoms with Gasteiger partial charge in [-0.25, -0.2) is 4.79 Å². The second-order valence-corrected chi connectivity index (χ2v) is 25.0. The summed E-state index contributed by atoms with van der Waals surface area (Å²) in [4.78, 5) is 24.9. The van der Waals surface area contributed by atoms with Crippen molar-refractivity contribution in [2.24, 2.45) is 5.92 Å². The molecule has 2 aromatic carbocycles. The van der Waals surface area contributed by atoms with E-state index in [9.17, 15) is 9.59 Å². The van der Waals surface area contributed by atoms with Crippen molar-refractivity contribution < 1.29 is 32.7 Å². The van der Waals surface area contributed by atoms with Gasteiger partial charge in [0.1, 0.15) is 18.1 Å². The molecule has 0 unspecified atom stereocenters. The lowest BCUT2D eigenvalue weighted by Gasteiger charge is -2.42. The maximum Gasteiger partial charge on any atom is 0.333 e. The monoisotopic (exact) mass is 685 g/mol. The highest BCUT2D eigenvalue weighted by atomic mass is 28.4. The first kappa shape index (κ1) is 40.2. The average molecular weight is 686 g/mol. The van der Waals surface area contributed by atoms with Crippen LogP contribution in [0.3, 0.4) is 0 Å². The van der Waals surface area contributed by atoms with Crippen LogP contribution < -0.4 is 14.8 Å². The van der Waals surface area contributed by atoms with Gasteiger partial charge in [0.05, 0.1) is 20.3 Å². The smallest absolute Gasteiger partial charge is 0.333 e. The van der Waals surface area contributed by atoms with E-state index in [4.69, 9.17) is 23.1 Å². The minimum Gasteiger partial charge on any atom is -0.497 e. The molecule has 47 heavy (non-hydrogen) atoms. The van der Waals surface area contributed by atoms with Gasteiger partial charge >= 0.3 is 5.97 Å². The number of esters is 1. The van der Waals surface area contributed by atoms with Crippen LogP contribution in [0.4, 0.5) is 5.69 Å². The molecule has 0 aromatic heterocycles. The Bertz CT molecular complexity index is 1370. The third-order valence-corrected chi connectivity index (χ3v) is 18.4. The minimum atomic E-state index is -2.25. The molecular weight excluding hydrogens is 627 g/mol. The molecule has 0 saturated carbocycles. The van der Waals surface area contributed by atoms with Crippen molar-refractivity contribution in [2.75, 3.05) is 26.1 Å². The van der Waals surface area contributed by atoms with Gasteiger partial charge in [-0.1, -0.05) is 66.7 Å². The zero-order valence-electron chi connectivity index (χ0n) is 31.3. The van der Waals surface area contributed by atoms with Crippen LogP contribution in [0.25, 0.3) is 0 Å². The third kappa shape index (κ3) is 11.9. The van der Waals surface area contributed by atoms with E-state index in [1.165, 1.54) is 7.11 Å². The number of carbonyl (C=O) groups excluding carboxylic acids is 2. The van der Waals surface area contributed by atoms with Gasteiger partial charge in [-0.2, -0.15) is 0 Å². The number of hydrogen-bond acceptors (Lipinski definition) is 7. The fraction of sp³-hybridized carbons (Fsp3) is 0.568. The number of anilines is 1. The average Bonchev–Trinajstić information content (AvgIpc) is 2.98. The largest absolute Gasteiger partial charge is 0.497 e. The van der Waals surface area contributed by atoms with E-state index in [1.807, 2.05) is 42.5 Å². The first-order valence-corrected chi connectivity index (χ1v) is 22.2. The predicted octanol–water partition coefficient (Wildman–Crippen LogP) is 9.44. The highest BCUT2D eigenvalue weighted by molar-refractivity contribution is 6.74. The summed E-state index contributed by atoms with van der Waals surface area (Å²) in [5.41, 5.74) is 2.85. The minimum absolute atomic E-state index is 0.0179. The van der Waals surface area contributed by atoms with Gasteiger partial charge in [-0.05, 0) is 78.6 Å². The number of methoxy groups -OCH3 is 2. The summed E-state index contributed by atoms with van der Waals surface area (Å²) in [6.07, 6.45) is 1.28. The van der Waals surface area contributed by atoms with Crippen LogP contribution in [-0.4, -0.2) is 49.3 Å². The SMILES string of the molecule is COC(=O)/C(C)=C/CC(=O)Nc1cc(OCc2ccc(OC)cc2)cc([C@@H](O[Si](C)(C)C(C)(C)C)[C@@H](C)CO[Si](C)(C)C(C)(C)C)c1. The van der Waals surface area contributed by atoms with Crippen molar-refractivity contribution in [3.05, 3.63) is 65.2 Å². The van der Waals surface area contributed by atoms with E-state index in [0.29, 0.717) is 30.2 Å². The lowest BCUT2D eigenvalue weighted by atomic mass is 9.97. The van der Waals surface area contributed by atoms with Gasteiger partial charge in [0.25, 0.3) is 0 Å². The lowest BCUT2D eigenvalue weighted by Crippen LogP contribution is -2.45. The molecule has 2 aromatic rings. The number of nitrogens with one attached hydrogen (secondary N) is 1. The zero-order chi connectivity index (χ0) is 35.8. The lowest BCUT2D eigenvalue weighted by molar-refractivity contribution is -0.136. The van der Waals surface area contributed by atoms with Crippen LogP contribution in [0.5, 0.6) is 11.5 Å². The Kier molecular flexibility index (Phi) is 14.1. The Hall–Kier alpha value is -2.93. The van der Waals surface area contributed by atoms with Crippen LogP contribution >= 0.6 is 0 Å². The van der Waals surface area contributed by atoms with E-state index in [2.05, 4.69) is 80.0 Å². The fourth-order valence-corrected chi connectivity index (χ4v) is 6.65. The van der Waals surface area contributed by atoms with Crippen LogP contribution in [0.2, 0.25) is 36.3 Å². The van der Waals surface area contributed by atoms with Gasteiger partial charge in [-0.3, -0.25) is 4.79 Å². The fourth-order valence-electron chi connectivity index (χ4n) is 4.18. The zero-order valence-corrected chi connectivity index (χ0v) is 33.3. The van der Waals surface area contributed by atoms with Gasteiger partial charge in [0.15, 0.2) is 16.6 Å². The molecule has 2 rings (SSSR count). The molecule has 0 radical (unpaired) electrons. The normalized spacial score (nSPS) is 14.3. The summed E-state index contributed by atoms with van der Waals surface area (Å²) >= 11 is 0. The standard InChI is InChI=1S/C37H59NO7Si2/c1-26(35(40)42-10)15-20-33(39)38-30-21-29(22-32(23-30)43-25-28-16-18-31(41-9)19-17-28)34(45-47(13,14)37(6,7)8)27(2)24-44-46(11,12)36(3,4)5/h15-19,21-23,27,34H,20,24-25H2,1-14H3,(H,38,39)/b26-15+/t27-,34-/m0/s1. The quantitative estimate of drug-likeness (QED) is 0.113. The summed E-state index contributed by atoms with van der Waals surface area (Å²) in [5, 5.41) is 3.07. The Morgan fingerprint density at radius 3 is 2.00 bits per heavy atom. The summed E-state index contributed by atoms with van der Waals surface area (Å²) in [6, 6.07) is 13.5. The summed E-state index contributed by atoms with van der Waals surface area (Å²) in [7, 11) is -1.30. The van der Waals surface area contributed by atoms with E-state index in [0.717, 1.165) is 16.9 Å². The topological polar surface area (TPSA) is 92.3 Å². The molecule has 0 aliphatic rings. The van der Waals surface area contributed by atoms with Crippen molar-refractivity contribution in [3.63, 3.8) is 0 Å². The molecule has 1 amide bonds. The highest BCUT2D eigenvalue weighted by Crippen LogP contribution is 2.44. The van der Waals surface area contributed by atoms with Crippen LogP contribution in [0, 0.1) is 5.92 Å². The molecule has 0 spiro atoms. The molecule has 2 atom stereocenters. The number of ether oxygens (including phenoxy) is 3. The Morgan fingerprint density at radius 1 is 0.872 bits per heavy atom. The first-order chi connectivity index (χ1) is 21.6. The molecule has 10 heteroatoms. The first-order valence-electron chi connectivity index (χ1n) is 16.4. The molecule has 0 saturated heterocycles. The second-order valence-electron chi connectivity index (χ2n) is 15.4. The molecule has 262 valence electrons. The molecule has 0 aliphatic heterocycles. The predicted molar refractivity (Wildman–Crippen MR) is 196 cm³/mol. The van der Waals surface area contributed by atoms with Crippen LogP contribution in [-0.2, 0) is 29.8 Å². The van der Waals surface area contributed by atoms with Gasteiger partial charge in [-0.15, -0.1) is 0 Å². The summed E-state index contributed by atoms with van der Waals surface area (Å²) in [5.74, 6) is 0.675. The maximum absolute atomic E-state index is 13.1. The van der Waals surface area contributed by atoms with Crippen molar-refractivity contribution in [3.8, 4) is 11.5 Å². The van der Waals surface area contributed by atoms with Crippen molar-refractivity contribution in [1.82, 2.24) is 0 Å². The number of amides is 1. The molecule has 1 N–H and O–H groups in total. The van der Waals surface area contributed by atoms with Gasteiger partial charge < -0.3 is 28.4 Å². The van der Waals surface area contributed by atoms with Crippen molar-refractivity contribution >= 4 is 34.2 Å². The number of hydrogen-bond donors (Lipinski definition) is 1. The summed E-state index contributed by atoms with van der Waals surface area (Å²) in [6.45, 7) is 27.2. The van der Waals surface area contributed by atoms with Crippen molar-refractivity contribution in [1.29, 1.82) is 0 Å². The van der Waals surface area contributed by atoms with Crippen LogP contribution in [0.1, 0.15) is 79.0 Å². The number of benzene rings is 2. The number of rotatable bonds is 15. The van der Waals surface area contributed by atoms with Gasteiger partial charge in [0.2, 0.25) is 5.91 Å². The van der Waals surface area contributed by atoms with Crippen molar-refractivity contribution in [2.45, 2.75) is 111 Å². The Morgan fingerprint density at radius 2 is 1.47 bits per heavy atom. The van der Waals surface area contributed by atoms with Crippen LogP contribution in [0.15, 0.2) is 54.1 Å². The Labute approximate surface area is 285 Å². The van der Waals surface area contributed by atoms with E-state index >= 15 is 0 Å². The molecule has 8 nitrogen and oxygen atoms in total. The van der Waals surface area contributed by atoms with E-state index in [1.54, 1.807) is 20.1 Å². The second kappa shape index (κ2) is 16.5. The molecule has 0 bridgehead atoms. The van der Waals surface area contributed by atoms with E-state index < -0.39 is 22.6 Å². The van der Waals surface area contributed by atoms with Gasteiger partial charge in [0, 0.05) is 36.3 Å². The van der Waals surface area contributed by atoms with E-state index in [-0.39, 0.29) is 34.4 Å². The molecule has 0 aliphatic carbocycles. The molecule has 0 heterocycles. The number of carbonyl (C=O) groups is 2. The Balaban J connectivity index is 2.55.